The molecular weight excluding hydrogens is 833 g/mol. The molecule has 4 nitrogen and oxygen atoms in total. The number of nitrogens with zero attached hydrogens (tertiary/aromatic N) is 4. The second kappa shape index (κ2) is 14.1. The highest BCUT2D eigenvalue weighted by molar-refractivity contribution is 6.89. The number of anilines is 6. The van der Waals surface area contributed by atoms with Crippen LogP contribution in [0.5, 0.6) is 0 Å². The predicted molar refractivity (Wildman–Crippen MR) is 291 cm³/mol. The molecule has 0 saturated carbocycles. The molecule has 0 spiro atoms. The molecule has 4 heterocycles. The highest BCUT2D eigenvalue weighted by Crippen LogP contribution is 2.51. The van der Waals surface area contributed by atoms with Crippen molar-refractivity contribution in [1.29, 1.82) is 0 Å². The average Bonchev–Trinajstić information content (AvgIpc) is 4.16. The first kappa shape index (κ1) is 29.9. The largest absolute Gasteiger partial charge is 0.310 e. The van der Waals surface area contributed by atoms with Gasteiger partial charge >= 0.3 is 0 Å². The van der Waals surface area contributed by atoms with Crippen molar-refractivity contribution in [3.05, 3.63) is 194 Å². The van der Waals surface area contributed by atoms with Gasteiger partial charge in [-0.3, -0.25) is 0 Å². The number of fused-ring (bicyclic) bond motifs is 12. The van der Waals surface area contributed by atoms with E-state index in [2.05, 4.69) is 121 Å². The van der Waals surface area contributed by atoms with Crippen LogP contribution in [0.15, 0.2) is 194 Å². The summed E-state index contributed by atoms with van der Waals surface area (Å²) in [4.78, 5) is 3.69. The lowest BCUT2D eigenvalue weighted by Gasteiger charge is -2.27. The van der Waals surface area contributed by atoms with Gasteiger partial charge in [-0.25, -0.2) is 0 Å². The maximum absolute atomic E-state index is 9.31. The van der Waals surface area contributed by atoms with E-state index >= 15 is 0 Å². The van der Waals surface area contributed by atoms with Crippen molar-refractivity contribution in [1.82, 2.24) is 8.80 Å². The Hall–Kier alpha value is -7.39. The summed E-state index contributed by atoms with van der Waals surface area (Å²) in [5.74, 6) is 0. The van der Waals surface area contributed by atoms with Crippen LogP contribution in [0, 0.1) is 0 Å². The van der Waals surface area contributed by atoms with Crippen LogP contribution in [0.25, 0.3) is 76.2 Å². The van der Waals surface area contributed by atoms with Crippen LogP contribution < -0.4 is 20.2 Å². The maximum Gasteiger partial charge on any atom is 0.0775 e. The zero-order valence-corrected chi connectivity index (χ0v) is 39.5. The Balaban J connectivity index is 1.11. The molecule has 318 valence electrons. The minimum Gasteiger partial charge on any atom is -0.310 e. The number of hydrogen-bond donors (Lipinski definition) is 0. The SMILES string of the molecule is [2H]c1c([2H])c([2H])c(N(c2ccc([Si](C)(C)C)cc2)c2ccc3c4cc5c(cc4n4c6ccccc6c2c34)c2ccc(N(c3ccc([Si](C)(C)C)cc3)c3c([2H])c([2H])c([2H])c([2H])c3[2H])c3c4ccccc4n5c23)c([2H])c1[2H]. The van der Waals surface area contributed by atoms with E-state index in [0.717, 1.165) is 76.2 Å². The molecule has 0 atom stereocenters. The molecular formula is C60H50N4Si2. The van der Waals surface area contributed by atoms with E-state index in [4.69, 9.17) is 8.22 Å². The molecule has 66 heavy (non-hydrogen) atoms. The quantitative estimate of drug-likeness (QED) is 0.141. The highest BCUT2D eigenvalue weighted by Gasteiger charge is 2.28. The van der Waals surface area contributed by atoms with Crippen LogP contribution in [0.1, 0.15) is 13.7 Å². The molecule has 0 radical (unpaired) electrons. The van der Waals surface area contributed by atoms with Crippen molar-refractivity contribution in [2.24, 2.45) is 0 Å². The molecule has 13 rings (SSSR count). The summed E-state index contributed by atoms with van der Waals surface area (Å²) in [7, 11) is -3.47. The lowest BCUT2D eigenvalue weighted by Crippen LogP contribution is -2.37. The van der Waals surface area contributed by atoms with Gasteiger partial charge in [0.1, 0.15) is 0 Å². The van der Waals surface area contributed by atoms with Gasteiger partial charge in [0, 0.05) is 65.8 Å². The molecule has 0 bridgehead atoms. The first-order valence-electron chi connectivity index (χ1n) is 27.5. The molecule has 6 heteroatoms. The second-order valence-corrected chi connectivity index (χ2v) is 29.7. The molecule has 9 aromatic carbocycles. The zero-order chi connectivity index (χ0) is 53.3. The minimum atomic E-state index is -1.73. The minimum absolute atomic E-state index is 0.0709. The third kappa shape index (κ3) is 5.61. The fourth-order valence-corrected chi connectivity index (χ4v) is 12.9. The number of rotatable bonds is 8. The molecule has 0 saturated heterocycles. The number of aromatic nitrogens is 2. The van der Waals surface area contributed by atoms with E-state index in [1.54, 1.807) is 0 Å². The van der Waals surface area contributed by atoms with Gasteiger partial charge in [-0.2, -0.15) is 0 Å². The fraction of sp³-hybridized carbons (Fsp3) is 0.100. The van der Waals surface area contributed by atoms with Crippen molar-refractivity contribution in [2.45, 2.75) is 39.3 Å². The van der Waals surface area contributed by atoms with Crippen LogP contribution >= 0.6 is 0 Å². The summed E-state index contributed by atoms with van der Waals surface area (Å²) in [6.45, 7) is 13.7. The monoisotopic (exact) mass is 892 g/mol. The average molecular weight is 893 g/mol. The molecule has 0 aliphatic rings. The fourth-order valence-electron chi connectivity index (χ4n) is 10.6. The maximum atomic E-state index is 9.31. The van der Waals surface area contributed by atoms with Crippen LogP contribution in [-0.4, -0.2) is 24.9 Å². The summed E-state index contributed by atoms with van der Waals surface area (Å²) < 4.78 is 94.1. The van der Waals surface area contributed by atoms with Crippen LogP contribution in [0.2, 0.25) is 39.3 Å². The summed E-state index contributed by atoms with van der Waals surface area (Å²) in [6, 6.07) is 42.0. The third-order valence-corrected chi connectivity index (χ3v) is 17.8. The van der Waals surface area contributed by atoms with Crippen LogP contribution in [0.4, 0.5) is 34.1 Å². The molecule has 0 amide bonds. The summed E-state index contributed by atoms with van der Waals surface area (Å²) in [6.07, 6.45) is 0. The smallest absolute Gasteiger partial charge is 0.0775 e. The molecule has 4 aromatic heterocycles. The molecule has 0 aliphatic heterocycles. The predicted octanol–water partition coefficient (Wildman–Crippen LogP) is 16.0. The Morgan fingerprint density at radius 3 is 1.12 bits per heavy atom. The molecule has 0 aliphatic carbocycles. The summed E-state index contributed by atoms with van der Waals surface area (Å²) in [5.41, 5.74) is 8.61. The van der Waals surface area contributed by atoms with Crippen molar-refractivity contribution in [3.8, 4) is 0 Å². The number of benzene rings is 9. The second-order valence-electron chi connectivity index (χ2n) is 19.5. The Kier molecular flexibility index (Phi) is 6.38. The van der Waals surface area contributed by atoms with E-state index in [1.807, 2.05) is 70.5 Å². The number of hydrogen-bond acceptors (Lipinski definition) is 2. The lowest BCUT2D eigenvalue weighted by molar-refractivity contribution is 1.30. The Labute approximate surface area is 400 Å². The summed E-state index contributed by atoms with van der Waals surface area (Å²) in [5, 5.41) is 10.1. The summed E-state index contributed by atoms with van der Waals surface area (Å²) >= 11 is 0. The van der Waals surface area contributed by atoms with E-state index in [9.17, 15) is 5.48 Å². The molecule has 13 aromatic rings. The van der Waals surface area contributed by atoms with Gasteiger partial charge < -0.3 is 18.6 Å². The van der Waals surface area contributed by atoms with Crippen molar-refractivity contribution in [2.75, 3.05) is 9.80 Å². The topological polar surface area (TPSA) is 15.3 Å². The van der Waals surface area contributed by atoms with Crippen LogP contribution in [0.3, 0.4) is 0 Å². The standard InChI is InChI=1S/C60H50N4Si2/c1-65(2,3)43-29-25-41(26-30-43)61(39-17-9-7-10-18-39)53-35-33-45-49-37-56-50(38-55(49)63-51-23-15-13-21-47(51)57(53)59(45)63)46-34-36-54(58-48-22-14-16-24-52(48)64(56)60(46)58)62(40-19-11-8-12-20-40)42-27-31-44(32-28-42)66(4,5)6/h7-38H,1-6H3/i7D,8D,9D,10D,11D,12D,17D,18D,19D,20D. The van der Waals surface area contributed by atoms with Gasteiger partial charge in [-0.15, -0.1) is 0 Å². The molecule has 0 N–H and O–H groups in total. The molecule has 0 fully saturated rings. The van der Waals surface area contributed by atoms with Crippen molar-refractivity contribution < 1.29 is 13.7 Å². The van der Waals surface area contributed by atoms with E-state index in [1.165, 1.54) is 10.4 Å². The lowest BCUT2D eigenvalue weighted by atomic mass is 10.0. The first-order valence-corrected chi connectivity index (χ1v) is 29.5. The van der Waals surface area contributed by atoms with Crippen molar-refractivity contribution in [3.63, 3.8) is 0 Å². The van der Waals surface area contributed by atoms with Gasteiger partial charge in [0.05, 0.1) is 74.3 Å². The Bertz CT molecular complexity index is 4260. The normalized spacial score (nSPS) is 14.8. The van der Waals surface area contributed by atoms with E-state index < -0.39 is 52.4 Å². The van der Waals surface area contributed by atoms with Gasteiger partial charge in [0.25, 0.3) is 0 Å². The third-order valence-electron chi connectivity index (χ3n) is 13.6. The van der Waals surface area contributed by atoms with E-state index in [-0.39, 0.29) is 35.5 Å². The van der Waals surface area contributed by atoms with E-state index in [0.29, 0.717) is 22.7 Å². The van der Waals surface area contributed by atoms with Gasteiger partial charge in [0.2, 0.25) is 0 Å². The first-order chi connectivity index (χ1) is 36.2. The Morgan fingerprint density at radius 1 is 0.364 bits per heavy atom. The zero-order valence-electron chi connectivity index (χ0n) is 47.5. The van der Waals surface area contributed by atoms with Gasteiger partial charge in [-0.05, 0) is 84.8 Å². The van der Waals surface area contributed by atoms with Gasteiger partial charge in [-0.1, -0.05) is 159 Å². The number of para-hydroxylation sites is 4. The van der Waals surface area contributed by atoms with Gasteiger partial charge in [0.15, 0.2) is 0 Å². The van der Waals surface area contributed by atoms with Crippen molar-refractivity contribution >= 4 is 137 Å². The van der Waals surface area contributed by atoms with Crippen LogP contribution in [-0.2, 0) is 0 Å². The highest BCUT2D eigenvalue weighted by atomic mass is 28.3. The Morgan fingerprint density at radius 2 is 0.742 bits per heavy atom. The molecule has 0 unspecified atom stereocenters.